The molecule has 0 aromatic carbocycles. The average Bonchev–Trinajstić information content (AvgIpc) is 2.42. The molecule has 1 aliphatic rings. The first-order valence-electron chi connectivity index (χ1n) is 7.26. The molecule has 0 radical (unpaired) electrons. The van der Waals surface area contributed by atoms with E-state index in [0.717, 1.165) is 25.9 Å². The normalized spacial score (nSPS) is 17.8. The molecule has 0 saturated carbocycles. The van der Waals surface area contributed by atoms with Crippen LogP contribution in [0.3, 0.4) is 0 Å². The Labute approximate surface area is 119 Å². The highest BCUT2D eigenvalue weighted by Crippen LogP contribution is 2.16. The summed E-state index contributed by atoms with van der Waals surface area (Å²) in [5, 5.41) is 0. The van der Waals surface area contributed by atoms with Gasteiger partial charge in [0.2, 0.25) is 5.91 Å². The minimum Gasteiger partial charge on any atom is -0.378 e. The Morgan fingerprint density at radius 2 is 1.78 bits per heavy atom. The Morgan fingerprint density at radius 3 is 2.44 bits per heavy atom. The summed E-state index contributed by atoms with van der Waals surface area (Å²) < 4.78 is 5.26. The highest BCUT2D eigenvalue weighted by Gasteiger charge is 2.22. The van der Waals surface area contributed by atoms with Gasteiger partial charge in [-0.15, -0.1) is 0 Å². The van der Waals surface area contributed by atoms with E-state index in [1.165, 1.54) is 32.1 Å². The average molecular weight is 320 g/mol. The van der Waals surface area contributed by atoms with Gasteiger partial charge in [0.25, 0.3) is 0 Å². The van der Waals surface area contributed by atoms with Crippen LogP contribution in [0.2, 0.25) is 0 Å². The number of morpholine rings is 1. The Hall–Kier alpha value is -0.0900. The molecular formula is C14H26BrNO2. The smallest absolute Gasteiger partial charge is 0.236 e. The van der Waals surface area contributed by atoms with Gasteiger partial charge in [-0.25, -0.2) is 0 Å². The van der Waals surface area contributed by atoms with Crippen molar-refractivity contribution < 1.29 is 9.53 Å². The molecule has 1 saturated heterocycles. The van der Waals surface area contributed by atoms with Crippen LogP contribution >= 0.6 is 15.9 Å². The molecule has 1 rings (SSSR count). The molecule has 1 amide bonds. The summed E-state index contributed by atoms with van der Waals surface area (Å²) in [6.45, 7) is 5.09. The maximum atomic E-state index is 12.1. The van der Waals surface area contributed by atoms with E-state index in [4.69, 9.17) is 4.74 Å². The van der Waals surface area contributed by atoms with Gasteiger partial charge in [0.05, 0.1) is 18.0 Å². The number of carbonyl (C=O) groups is 1. The molecule has 0 bridgehead atoms. The highest BCUT2D eigenvalue weighted by molar-refractivity contribution is 9.10. The van der Waals surface area contributed by atoms with Gasteiger partial charge in [-0.3, -0.25) is 4.79 Å². The van der Waals surface area contributed by atoms with Crippen molar-refractivity contribution in [2.75, 3.05) is 26.3 Å². The summed E-state index contributed by atoms with van der Waals surface area (Å²) in [4.78, 5) is 14.0. The summed E-state index contributed by atoms with van der Waals surface area (Å²) in [6, 6.07) is 0. The molecule has 0 N–H and O–H groups in total. The third-order valence-corrected chi connectivity index (χ3v) is 4.25. The van der Waals surface area contributed by atoms with E-state index < -0.39 is 0 Å². The fourth-order valence-corrected chi connectivity index (χ4v) is 2.82. The Bertz CT molecular complexity index is 230. The second-order valence-electron chi connectivity index (χ2n) is 4.96. The quantitative estimate of drug-likeness (QED) is 0.507. The van der Waals surface area contributed by atoms with Crippen molar-refractivity contribution in [3.63, 3.8) is 0 Å². The zero-order valence-electron chi connectivity index (χ0n) is 11.5. The van der Waals surface area contributed by atoms with Gasteiger partial charge in [-0.2, -0.15) is 0 Å². The van der Waals surface area contributed by atoms with Gasteiger partial charge in [-0.1, -0.05) is 61.4 Å². The summed E-state index contributed by atoms with van der Waals surface area (Å²) >= 11 is 3.53. The molecule has 1 aliphatic heterocycles. The second-order valence-corrected chi connectivity index (χ2v) is 6.07. The van der Waals surface area contributed by atoms with Crippen LogP contribution in [-0.2, 0) is 9.53 Å². The lowest BCUT2D eigenvalue weighted by Gasteiger charge is -2.28. The van der Waals surface area contributed by atoms with Crippen LogP contribution < -0.4 is 0 Å². The molecular weight excluding hydrogens is 294 g/mol. The largest absolute Gasteiger partial charge is 0.378 e. The summed E-state index contributed by atoms with van der Waals surface area (Å²) in [7, 11) is 0. The number of rotatable bonds is 8. The SMILES string of the molecule is CCCCCCCCC(Br)C(=O)N1CCOCC1. The molecule has 0 aromatic heterocycles. The fraction of sp³-hybridized carbons (Fsp3) is 0.929. The van der Waals surface area contributed by atoms with E-state index in [-0.39, 0.29) is 10.7 Å². The molecule has 3 nitrogen and oxygen atoms in total. The van der Waals surface area contributed by atoms with Crippen molar-refractivity contribution in [1.82, 2.24) is 4.90 Å². The maximum absolute atomic E-state index is 12.1. The number of alkyl halides is 1. The first kappa shape index (κ1) is 16.0. The fourth-order valence-electron chi connectivity index (χ4n) is 2.21. The van der Waals surface area contributed by atoms with E-state index in [1.54, 1.807) is 0 Å². The zero-order valence-corrected chi connectivity index (χ0v) is 13.1. The first-order valence-corrected chi connectivity index (χ1v) is 8.18. The number of unbranched alkanes of at least 4 members (excludes halogenated alkanes) is 5. The lowest BCUT2D eigenvalue weighted by atomic mass is 10.1. The van der Waals surface area contributed by atoms with E-state index >= 15 is 0 Å². The molecule has 0 aromatic rings. The number of ether oxygens (including phenoxy) is 1. The van der Waals surface area contributed by atoms with Crippen LogP contribution in [0.4, 0.5) is 0 Å². The van der Waals surface area contributed by atoms with E-state index in [9.17, 15) is 4.79 Å². The lowest BCUT2D eigenvalue weighted by Crippen LogP contribution is -2.44. The van der Waals surface area contributed by atoms with Crippen LogP contribution in [0.5, 0.6) is 0 Å². The second kappa shape index (κ2) is 9.79. The van der Waals surface area contributed by atoms with E-state index in [2.05, 4.69) is 22.9 Å². The number of hydrogen-bond acceptors (Lipinski definition) is 2. The van der Waals surface area contributed by atoms with Gasteiger partial charge in [0.15, 0.2) is 0 Å². The molecule has 4 heteroatoms. The van der Waals surface area contributed by atoms with Crippen molar-refractivity contribution >= 4 is 21.8 Å². The molecule has 18 heavy (non-hydrogen) atoms. The van der Waals surface area contributed by atoms with Crippen LogP contribution in [0.1, 0.15) is 51.9 Å². The van der Waals surface area contributed by atoms with Crippen molar-refractivity contribution in [2.24, 2.45) is 0 Å². The standard InChI is InChI=1S/C14H26BrNO2/c1-2-3-4-5-6-7-8-13(15)14(17)16-9-11-18-12-10-16/h13H,2-12H2,1H3. The van der Waals surface area contributed by atoms with Crippen LogP contribution in [0, 0.1) is 0 Å². The minimum atomic E-state index is 0.00164. The molecule has 1 unspecified atom stereocenters. The van der Waals surface area contributed by atoms with Crippen molar-refractivity contribution in [1.29, 1.82) is 0 Å². The van der Waals surface area contributed by atoms with Crippen LogP contribution in [-0.4, -0.2) is 41.9 Å². The van der Waals surface area contributed by atoms with Crippen molar-refractivity contribution in [3.8, 4) is 0 Å². The van der Waals surface area contributed by atoms with Crippen molar-refractivity contribution in [2.45, 2.75) is 56.7 Å². The highest BCUT2D eigenvalue weighted by atomic mass is 79.9. The molecule has 106 valence electrons. The van der Waals surface area contributed by atoms with Crippen LogP contribution in [0.15, 0.2) is 0 Å². The topological polar surface area (TPSA) is 29.5 Å². The number of halogens is 1. The molecule has 1 heterocycles. The Morgan fingerprint density at radius 1 is 1.17 bits per heavy atom. The third kappa shape index (κ3) is 6.19. The van der Waals surface area contributed by atoms with Gasteiger partial charge < -0.3 is 9.64 Å². The number of nitrogens with zero attached hydrogens (tertiary/aromatic N) is 1. The third-order valence-electron chi connectivity index (χ3n) is 3.40. The maximum Gasteiger partial charge on any atom is 0.236 e. The van der Waals surface area contributed by atoms with Gasteiger partial charge in [-0.05, 0) is 6.42 Å². The van der Waals surface area contributed by atoms with Crippen molar-refractivity contribution in [3.05, 3.63) is 0 Å². The van der Waals surface area contributed by atoms with E-state index in [0.29, 0.717) is 13.2 Å². The van der Waals surface area contributed by atoms with Gasteiger partial charge in [0.1, 0.15) is 0 Å². The summed E-state index contributed by atoms with van der Waals surface area (Å²) in [6.07, 6.45) is 8.62. The molecule has 0 aliphatic carbocycles. The lowest BCUT2D eigenvalue weighted by molar-refractivity contribution is -0.134. The monoisotopic (exact) mass is 319 g/mol. The Kier molecular flexibility index (Phi) is 8.68. The summed E-state index contributed by atoms with van der Waals surface area (Å²) in [5.74, 6) is 0.242. The molecule has 0 spiro atoms. The number of hydrogen-bond donors (Lipinski definition) is 0. The molecule has 1 fully saturated rings. The number of amides is 1. The predicted octanol–water partition coefficient (Wildman–Crippen LogP) is 3.36. The van der Waals surface area contributed by atoms with Gasteiger partial charge in [0, 0.05) is 13.1 Å². The Balaban J connectivity index is 2.07. The van der Waals surface area contributed by atoms with E-state index in [1.807, 2.05) is 4.90 Å². The molecule has 1 atom stereocenters. The minimum absolute atomic E-state index is 0.00164. The zero-order chi connectivity index (χ0) is 13.2. The van der Waals surface area contributed by atoms with Gasteiger partial charge >= 0.3 is 0 Å². The number of carbonyl (C=O) groups excluding carboxylic acids is 1. The predicted molar refractivity (Wildman–Crippen MR) is 78.1 cm³/mol. The summed E-state index contributed by atoms with van der Waals surface area (Å²) in [5.41, 5.74) is 0. The first-order chi connectivity index (χ1) is 8.75. The van der Waals surface area contributed by atoms with Crippen LogP contribution in [0.25, 0.3) is 0 Å².